The van der Waals surface area contributed by atoms with Crippen molar-refractivity contribution in [1.82, 2.24) is 4.68 Å². The number of phenols is 1. The minimum Gasteiger partial charge on any atom is -0.504 e. The minimum atomic E-state index is 0.0920. The molecule has 0 atom stereocenters. The lowest BCUT2D eigenvalue weighted by Gasteiger charge is -2.05. The summed E-state index contributed by atoms with van der Waals surface area (Å²) in [6, 6.07) is 13.1. The second kappa shape index (κ2) is 8.83. The number of hydrogen-bond acceptors (Lipinski definition) is 5. The number of rotatable bonds is 6. The van der Waals surface area contributed by atoms with Gasteiger partial charge >= 0.3 is 0 Å². The van der Waals surface area contributed by atoms with Gasteiger partial charge in [0.15, 0.2) is 11.5 Å². The normalized spacial score (nSPS) is 11.9. The molecule has 0 fully saturated rings. The SMILES string of the molecule is C=CCN=c1scc(-c2cccc(Br)c2)n1N=Cc1ccc(O)c(OC)c1. The highest BCUT2D eigenvalue weighted by atomic mass is 79.9. The van der Waals surface area contributed by atoms with Gasteiger partial charge < -0.3 is 9.84 Å². The Hall–Kier alpha value is -2.64. The van der Waals surface area contributed by atoms with E-state index in [1.165, 1.54) is 18.4 Å². The first kappa shape index (κ1) is 19.1. The van der Waals surface area contributed by atoms with Gasteiger partial charge in [-0.3, -0.25) is 4.99 Å². The van der Waals surface area contributed by atoms with E-state index >= 15 is 0 Å². The van der Waals surface area contributed by atoms with Crippen LogP contribution in [0.15, 0.2) is 75.1 Å². The predicted octanol–water partition coefficient (Wildman–Crippen LogP) is 4.66. The van der Waals surface area contributed by atoms with Crippen molar-refractivity contribution in [2.45, 2.75) is 0 Å². The van der Waals surface area contributed by atoms with E-state index < -0.39 is 0 Å². The smallest absolute Gasteiger partial charge is 0.206 e. The van der Waals surface area contributed by atoms with Crippen LogP contribution in [0.2, 0.25) is 0 Å². The van der Waals surface area contributed by atoms with E-state index in [1.54, 1.807) is 35.2 Å². The molecule has 1 aromatic heterocycles. The molecule has 0 radical (unpaired) electrons. The topological polar surface area (TPSA) is 59.1 Å². The van der Waals surface area contributed by atoms with Crippen LogP contribution in [-0.4, -0.2) is 29.7 Å². The van der Waals surface area contributed by atoms with Gasteiger partial charge in [0, 0.05) is 15.4 Å². The van der Waals surface area contributed by atoms with Gasteiger partial charge in [0.05, 0.1) is 25.6 Å². The van der Waals surface area contributed by atoms with Crippen molar-refractivity contribution in [3.63, 3.8) is 0 Å². The minimum absolute atomic E-state index is 0.0920. The summed E-state index contributed by atoms with van der Waals surface area (Å²) in [6.45, 7) is 4.24. The molecule has 3 rings (SSSR count). The van der Waals surface area contributed by atoms with Gasteiger partial charge in [-0.05, 0) is 35.9 Å². The van der Waals surface area contributed by atoms with Crippen LogP contribution in [0.25, 0.3) is 11.3 Å². The van der Waals surface area contributed by atoms with Crippen molar-refractivity contribution in [3.8, 4) is 22.8 Å². The molecule has 0 unspecified atom stereocenters. The van der Waals surface area contributed by atoms with E-state index in [4.69, 9.17) is 4.74 Å². The van der Waals surface area contributed by atoms with Crippen molar-refractivity contribution in [2.24, 2.45) is 10.1 Å². The highest BCUT2D eigenvalue weighted by Crippen LogP contribution is 2.26. The Bertz CT molecular complexity index is 1050. The Balaban J connectivity index is 2.07. The van der Waals surface area contributed by atoms with Gasteiger partial charge in [-0.2, -0.15) is 5.10 Å². The molecule has 0 saturated carbocycles. The van der Waals surface area contributed by atoms with Gasteiger partial charge in [0.2, 0.25) is 4.80 Å². The second-order valence-electron chi connectivity index (χ2n) is 5.53. The first-order valence-electron chi connectivity index (χ1n) is 8.11. The van der Waals surface area contributed by atoms with Gasteiger partial charge in [-0.25, -0.2) is 4.68 Å². The third-order valence-corrected chi connectivity index (χ3v) is 5.03. The summed E-state index contributed by atoms with van der Waals surface area (Å²) in [5.41, 5.74) is 2.77. The summed E-state index contributed by atoms with van der Waals surface area (Å²) in [5.74, 6) is 0.493. The number of nitrogens with zero attached hydrogens (tertiary/aromatic N) is 3. The largest absolute Gasteiger partial charge is 0.504 e. The first-order chi connectivity index (χ1) is 13.1. The molecule has 0 aliphatic carbocycles. The quantitative estimate of drug-likeness (QED) is 0.444. The molecule has 0 aliphatic rings. The van der Waals surface area contributed by atoms with E-state index in [-0.39, 0.29) is 5.75 Å². The fourth-order valence-corrected chi connectivity index (χ4v) is 3.65. The van der Waals surface area contributed by atoms with Crippen molar-refractivity contribution < 1.29 is 9.84 Å². The van der Waals surface area contributed by atoms with E-state index in [9.17, 15) is 5.11 Å². The molecule has 5 nitrogen and oxygen atoms in total. The number of phenolic OH excluding ortho intramolecular Hbond substituents is 1. The maximum absolute atomic E-state index is 9.75. The number of thiazole rings is 1. The molecule has 1 heterocycles. The number of methoxy groups -OCH3 is 1. The Kier molecular flexibility index (Phi) is 6.26. The van der Waals surface area contributed by atoms with Crippen LogP contribution in [0.1, 0.15) is 5.56 Å². The van der Waals surface area contributed by atoms with Crippen LogP contribution >= 0.6 is 27.3 Å². The highest BCUT2D eigenvalue weighted by molar-refractivity contribution is 9.10. The van der Waals surface area contributed by atoms with Gasteiger partial charge in [-0.1, -0.05) is 34.1 Å². The van der Waals surface area contributed by atoms with Crippen molar-refractivity contribution in [1.29, 1.82) is 0 Å². The molecule has 0 saturated heterocycles. The summed E-state index contributed by atoms with van der Waals surface area (Å²) in [4.78, 5) is 5.30. The molecule has 7 heteroatoms. The molecule has 27 heavy (non-hydrogen) atoms. The van der Waals surface area contributed by atoms with Crippen LogP contribution in [-0.2, 0) is 0 Å². The zero-order chi connectivity index (χ0) is 19.2. The molecule has 2 aromatic carbocycles. The summed E-state index contributed by atoms with van der Waals surface area (Å²) in [7, 11) is 1.52. The third kappa shape index (κ3) is 4.56. The Morgan fingerprint density at radius 3 is 2.89 bits per heavy atom. The van der Waals surface area contributed by atoms with Crippen molar-refractivity contribution in [2.75, 3.05) is 13.7 Å². The first-order valence-corrected chi connectivity index (χ1v) is 9.79. The average Bonchev–Trinajstić information content (AvgIpc) is 3.08. The molecule has 0 spiro atoms. The highest BCUT2D eigenvalue weighted by Gasteiger charge is 2.08. The van der Waals surface area contributed by atoms with Gasteiger partial charge in [0.1, 0.15) is 0 Å². The van der Waals surface area contributed by atoms with E-state index in [0.717, 1.165) is 26.1 Å². The number of halogens is 1. The van der Waals surface area contributed by atoms with Crippen LogP contribution in [0.4, 0.5) is 0 Å². The summed E-state index contributed by atoms with van der Waals surface area (Å²) in [5, 5.41) is 16.4. The fraction of sp³-hybridized carbons (Fsp3) is 0.100. The van der Waals surface area contributed by atoms with Crippen LogP contribution in [0.3, 0.4) is 0 Å². The fourth-order valence-electron chi connectivity index (χ4n) is 2.41. The average molecular weight is 444 g/mol. The zero-order valence-electron chi connectivity index (χ0n) is 14.7. The monoisotopic (exact) mass is 443 g/mol. The second-order valence-corrected chi connectivity index (χ2v) is 7.28. The Morgan fingerprint density at radius 2 is 2.15 bits per heavy atom. The maximum atomic E-state index is 9.75. The van der Waals surface area contributed by atoms with Crippen LogP contribution < -0.4 is 9.54 Å². The maximum Gasteiger partial charge on any atom is 0.206 e. The molecular formula is C20H18BrN3O2S. The van der Waals surface area contributed by atoms with Gasteiger partial charge in [-0.15, -0.1) is 17.9 Å². The molecular weight excluding hydrogens is 426 g/mol. The van der Waals surface area contributed by atoms with E-state index in [1.807, 2.05) is 29.6 Å². The lowest BCUT2D eigenvalue weighted by atomic mass is 10.2. The number of hydrogen-bond donors (Lipinski definition) is 1. The molecule has 0 bridgehead atoms. The molecule has 3 aromatic rings. The van der Waals surface area contributed by atoms with E-state index in [2.05, 4.69) is 32.6 Å². The van der Waals surface area contributed by atoms with Crippen LogP contribution in [0.5, 0.6) is 11.5 Å². The van der Waals surface area contributed by atoms with Gasteiger partial charge in [0.25, 0.3) is 0 Å². The summed E-state index contributed by atoms with van der Waals surface area (Å²) < 4.78 is 7.95. The lowest BCUT2D eigenvalue weighted by molar-refractivity contribution is 0.373. The zero-order valence-corrected chi connectivity index (χ0v) is 17.1. The predicted molar refractivity (Wildman–Crippen MR) is 114 cm³/mol. The Morgan fingerprint density at radius 1 is 1.30 bits per heavy atom. The lowest BCUT2D eigenvalue weighted by Crippen LogP contribution is -2.12. The number of benzene rings is 2. The number of aromatic nitrogens is 1. The summed E-state index contributed by atoms with van der Waals surface area (Å²) >= 11 is 5.03. The van der Waals surface area contributed by atoms with E-state index in [0.29, 0.717) is 12.3 Å². The number of aromatic hydroxyl groups is 1. The van der Waals surface area contributed by atoms with Crippen LogP contribution in [0, 0.1) is 0 Å². The molecule has 0 aliphatic heterocycles. The third-order valence-electron chi connectivity index (χ3n) is 3.69. The number of ether oxygens (including phenoxy) is 1. The van der Waals surface area contributed by atoms with Crippen molar-refractivity contribution in [3.05, 3.63) is 75.3 Å². The molecule has 138 valence electrons. The Labute approximate surface area is 169 Å². The van der Waals surface area contributed by atoms with Crippen molar-refractivity contribution >= 4 is 33.5 Å². The molecule has 0 amide bonds. The molecule has 1 N–H and O–H groups in total. The summed E-state index contributed by atoms with van der Waals surface area (Å²) in [6.07, 6.45) is 3.46. The standard InChI is InChI=1S/C20H18BrN3O2S/c1-3-9-22-20-24(17(13-27-20)15-5-4-6-16(21)11-15)23-12-14-7-8-18(25)19(10-14)26-2/h3-8,10-13,25H,1,9H2,2H3.